The standard InChI is InChI=1S/C72H59B2N5O/c1-7-25-48(26-8-1)75(49-27-9-2-10-28-49)54-43-65-70-68(44-54)80-67-47-63-58(45-59(67)74(70)56-38-20-23-41-61(56)77(65)51-31-13-4-14-32-51)73-57-39-21-24-42-62(57)79(53-35-17-6-18-36-53)72-69-55-37-19-22-40-60(55)76(50-29-11-3-12-30-50)64(69)46-66(71(72)73)78(63)52-33-15-5-16-34-52/h3-6,11-24,29-49H,1-2,7-10,25-28H2. The van der Waals surface area contributed by atoms with E-state index in [0.717, 1.165) is 34.2 Å². The smallest absolute Gasteiger partial charge is 0.256 e. The fourth-order valence-electron chi connectivity index (χ4n) is 15.6. The van der Waals surface area contributed by atoms with Crippen LogP contribution >= 0.6 is 0 Å². The highest BCUT2D eigenvalue weighted by molar-refractivity contribution is 7.02. The average Bonchev–Trinajstić information content (AvgIpc) is 2.97. The highest BCUT2D eigenvalue weighted by Crippen LogP contribution is 2.52. The SMILES string of the molecule is c1ccc(N2c3ccccc3B3c4cc5c(cc4Oc4cc(N(C6CCCCC6)C6CCCCC6)cc2c43)N(c2ccccc2)c2cc3c(c4c2B5c2ccccc2N4c2ccccc2)c2ccccc2n3-c2ccccc2)cc1. The Bertz CT molecular complexity index is 4210. The second-order valence-electron chi connectivity index (χ2n) is 23.2. The van der Waals surface area contributed by atoms with E-state index in [-0.39, 0.29) is 13.4 Å². The number of ether oxygens (including phenoxy) is 1. The summed E-state index contributed by atoms with van der Waals surface area (Å²) >= 11 is 0. The van der Waals surface area contributed by atoms with Crippen molar-refractivity contribution in [1.82, 2.24) is 4.57 Å². The van der Waals surface area contributed by atoms with E-state index in [1.165, 1.54) is 159 Å². The zero-order valence-electron chi connectivity index (χ0n) is 44.9. The minimum atomic E-state index is -0.109. The van der Waals surface area contributed by atoms with Gasteiger partial charge in [-0.2, -0.15) is 0 Å². The van der Waals surface area contributed by atoms with Gasteiger partial charge in [-0.05, 0) is 137 Å². The molecule has 0 bridgehead atoms. The first-order chi connectivity index (χ1) is 39.7. The van der Waals surface area contributed by atoms with Gasteiger partial charge in [0.25, 0.3) is 13.4 Å². The molecule has 1 aromatic heterocycles. The van der Waals surface area contributed by atoms with Crippen molar-refractivity contribution in [2.24, 2.45) is 0 Å². The van der Waals surface area contributed by atoms with Crippen molar-refractivity contribution in [2.45, 2.75) is 76.3 Å². The normalized spacial score (nSPS) is 16.1. The van der Waals surface area contributed by atoms with Crippen LogP contribution in [-0.2, 0) is 0 Å². The first-order valence-corrected chi connectivity index (χ1v) is 29.5. The third-order valence-corrected chi connectivity index (χ3v) is 18.9. The molecule has 0 spiro atoms. The maximum absolute atomic E-state index is 7.77. The molecular formula is C72H59B2N5O. The number of rotatable bonds is 7. The summed E-state index contributed by atoms with van der Waals surface area (Å²) in [5.41, 5.74) is 23.0. The largest absolute Gasteiger partial charge is 0.458 e. The summed E-state index contributed by atoms with van der Waals surface area (Å²) in [6.07, 6.45) is 12.8. The molecule has 2 aliphatic carbocycles. The summed E-state index contributed by atoms with van der Waals surface area (Å²) in [7, 11) is 0. The zero-order chi connectivity index (χ0) is 52.4. The molecule has 2 saturated carbocycles. The molecule has 4 aliphatic heterocycles. The molecule has 0 atom stereocenters. The second-order valence-corrected chi connectivity index (χ2v) is 23.2. The maximum Gasteiger partial charge on any atom is 0.256 e. The maximum atomic E-state index is 7.77. The molecule has 6 aliphatic rings. The molecular weight excluding hydrogens is 972 g/mol. The van der Waals surface area contributed by atoms with E-state index in [2.05, 4.69) is 249 Å². The van der Waals surface area contributed by atoms with Crippen LogP contribution in [0.1, 0.15) is 64.2 Å². The number of anilines is 10. The topological polar surface area (TPSA) is 27.1 Å². The Morgan fingerprint density at radius 2 is 0.863 bits per heavy atom. The van der Waals surface area contributed by atoms with Gasteiger partial charge < -0.3 is 28.9 Å². The number of para-hydroxylation sites is 7. The van der Waals surface area contributed by atoms with Crippen molar-refractivity contribution in [2.75, 3.05) is 19.6 Å². The highest BCUT2D eigenvalue weighted by Gasteiger charge is 2.49. The Balaban J connectivity index is 0.964. The number of aromatic nitrogens is 1. The van der Waals surface area contributed by atoms with Crippen molar-refractivity contribution in [3.05, 3.63) is 224 Å². The third-order valence-electron chi connectivity index (χ3n) is 18.9. The fourth-order valence-corrected chi connectivity index (χ4v) is 15.6. The van der Waals surface area contributed by atoms with Gasteiger partial charge >= 0.3 is 0 Å². The quantitative estimate of drug-likeness (QED) is 0.148. The van der Waals surface area contributed by atoms with Gasteiger partial charge in [-0.3, -0.25) is 0 Å². The zero-order valence-corrected chi connectivity index (χ0v) is 44.9. The van der Waals surface area contributed by atoms with Crippen molar-refractivity contribution in [1.29, 1.82) is 0 Å². The van der Waals surface area contributed by atoms with E-state index in [0.29, 0.717) is 12.1 Å². The minimum Gasteiger partial charge on any atom is -0.458 e. The first kappa shape index (κ1) is 46.1. The van der Waals surface area contributed by atoms with Gasteiger partial charge in [-0.25, -0.2) is 0 Å². The Labute approximate surface area is 469 Å². The summed E-state index contributed by atoms with van der Waals surface area (Å²) in [4.78, 5) is 10.6. The van der Waals surface area contributed by atoms with E-state index in [1.807, 2.05) is 0 Å². The fraction of sp³-hybridized carbons (Fsp3) is 0.167. The molecule has 10 aromatic carbocycles. The number of fused-ring (bicyclic) bond motifs is 12. The van der Waals surface area contributed by atoms with Gasteiger partial charge in [-0.15, -0.1) is 0 Å². The number of hydrogen-bond acceptors (Lipinski definition) is 5. The molecule has 0 radical (unpaired) electrons. The van der Waals surface area contributed by atoms with Crippen LogP contribution < -0.4 is 57.1 Å². The Morgan fingerprint density at radius 1 is 0.362 bits per heavy atom. The summed E-state index contributed by atoms with van der Waals surface area (Å²) in [5.74, 6) is 1.90. The summed E-state index contributed by atoms with van der Waals surface area (Å²) in [6.45, 7) is -0.184. The van der Waals surface area contributed by atoms with Crippen LogP contribution in [0.5, 0.6) is 11.5 Å². The molecule has 2 fully saturated rings. The molecule has 80 heavy (non-hydrogen) atoms. The van der Waals surface area contributed by atoms with Crippen LogP contribution in [0.4, 0.5) is 56.9 Å². The van der Waals surface area contributed by atoms with Gasteiger partial charge in [-0.1, -0.05) is 172 Å². The van der Waals surface area contributed by atoms with E-state index in [9.17, 15) is 0 Å². The summed E-state index contributed by atoms with van der Waals surface area (Å²) in [5, 5.41) is 2.48. The predicted molar refractivity (Wildman–Crippen MR) is 337 cm³/mol. The van der Waals surface area contributed by atoms with Gasteiger partial charge in [0.2, 0.25) is 0 Å². The molecule has 0 unspecified atom stereocenters. The molecule has 0 saturated heterocycles. The second kappa shape index (κ2) is 18.4. The van der Waals surface area contributed by atoms with Crippen molar-refractivity contribution < 1.29 is 4.74 Å². The van der Waals surface area contributed by atoms with Crippen molar-refractivity contribution >= 4 is 125 Å². The van der Waals surface area contributed by atoms with E-state index >= 15 is 0 Å². The van der Waals surface area contributed by atoms with E-state index in [4.69, 9.17) is 4.74 Å². The highest BCUT2D eigenvalue weighted by atomic mass is 16.5. The molecule has 6 nitrogen and oxygen atoms in total. The molecule has 384 valence electrons. The molecule has 8 heteroatoms. The van der Waals surface area contributed by atoms with Crippen molar-refractivity contribution in [3.8, 4) is 17.2 Å². The lowest BCUT2D eigenvalue weighted by molar-refractivity contribution is 0.339. The molecule has 5 heterocycles. The number of hydrogen-bond donors (Lipinski definition) is 0. The summed E-state index contributed by atoms with van der Waals surface area (Å²) < 4.78 is 10.3. The van der Waals surface area contributed by atoms with Crippen LogP contribution in [0, 0.1) is 0 Å². The van der Waals surface area contributed by atoms with Crippen LogP contribution in [0.2, 0.25) is 0 Å². The monoisotopic (exact) mass is 1030 g/mol. The van der Waals surface area contributed by atoms with Crippen LogP contribution in [0.15, 0.2) is 224 Å². The molecule has 0 N–H and O–H groups in total. The third kappa shape index (κ3) is 6.87. The van der Waals surface area contributed by atoms with E-state index < -0.39 is 0 Å². The molecule has 0 amide bonds. The summed E-state index contributed by atoms with van der Waals surface area (Å²) in [6, 6.07) is 85.3. The van der Waals surface area contributed by atoms with Crippen molar-refractivity contribution in [3.63, 3.8) is 0 Å². The van der Waals surface area contributed by atoms with Gasteiger partial charge in [0.05, 0.1) is 16.7 Å². The van der Waals surface area contributed by atoms with E-state index in [1.54, 1.807) is 0 Å². The predicted octanol–water partition coefficient (Wildman–Crippen LogP) is 14.7. The molecule has 17 rings (SSSR count). The Kier molecular flexibility index (Phi) is 10.6. The van der Waals surface area contributed by atoms with Crippen LogP contribution in [0.3, 0.4) is 0 Å². The lowest BCUT2D eigenvalue weighted by Gasteiger charge is -2.46. The van der Waals surface area contributed by atoms with Crippen LogP contribution in [-0.4, -0.2) is 30.1 Å². The Hall–Kier alpha value is -8.87. The lowest BCUT2D eigenvalue weighted by Crippen LogP contribution is -2.64. The van der Waals surface area contributed by atoms with Gasteiger partial charge in [0.1, 0.15) is 11.5 Å². The number of nitrogens with zero attached hydrogens (tertiary/aromatic N) is 5. The minimum absolute atomic E-state index is 0.0749. The molecule has 11 aromatic rings. The van der Waals surface area contributed by atoms with Gasteiger partial charge in [0.15, 0.2) is 0 Å². The number of benzene rings is 10. The Morgan fingerprint density at radius 3 is 1.49 bits per heavy atom. The lowest BCUT2D eigenvalue weighted by atomic mass is 9.30. The first-order valence-electron chi connectivity index (χ1n) is 29.5. The average molecular weight is 1030 g/mol. The van der Waals surface area contributed by atoms with Crippen LogP contribution in [0.25, 0.3) is 27.5 Å². The van der Waals surface area contributed by atoms with Gasteiger partial charge in [0, 0.05) is 91.9 Å².